The first kappa shape index (κ1) is 14.5. The summed E-state index contributed by atoms with van der Waals surface area (Å²) in [5, 5.41) is 4.66. The Labute approximate surface area is 116 Å². The van der Waals surface area contributed by atoms with Gasteiger partial charge in [0.1, 0.15) is 0 Å². The van der Waals surface area contributed by atoms with Crippen LogP contribution in [0, 0.1) is 5.92 Å². The molecule has 1 aliphatic rings. The fourth-order valence-electron chi connectivity index (χ4n) is 3.27. The highest BCUT2D eigenvalue weighted by Gasteiger charge is 2.26. The molecule has 1 aliphatic carbocycles. The van der Waals surface area contributed by atoms with Gasteiger partial charge in [0.05, 0.1) is 17.4 Å². The molecule has 3 N–H and O–H groups in total. The predicted octanol–water partition coefficient (Wildman–Crippen LogP) is 2.94. The number of hydrogen-bond donors (Lipinski definition) is 2. The van der Waals surface area contributed by atoms with E-state index in [4.69, 9.17) is 5.84 Å². The van der Waals surface area contributed by atoms with E-state index in [1.807, 2.05) is 0 Å². The van der Waals surface area contributed by atoms with Gasteiger partial charge in [-0.1, -0.05) is 32.6 Å². The van der Waals surface area contributed by atoms with Crippen LogP contribution in [-0.4, -0.2) is 9.78 Å². The first-order chi connectivity index (χ1) is 9.30. The second-order valence-electron chi connectivity index (χ2n) is 5.63. The van der Waals surface area contributed by atoms with E-state index in [1.54, 1.807) is 0 Å². The molecule has 1 aromatic heterocycles. The number of rotatable bonds is 5. The highest BCUT2D eigenvalue weighted by atomic mass is 15.3. The van der Waals surface area contributed by atoms with E-state index in [9.17, 15) is 0 Å². The highest BCUT2D eigenvalue weighted by Crippen LogP contribution is 2.33. The molecule has 4 heteroatoms. The van der Waals surface area contributed by atoms with E-state index in [-0.39, 0.29) is 6.04 Å². The summed E-state index contributed by atoms with van der Waals surface area (Å²) in [6.45, 7) is 5.22. The average Bonchev–Trinajstić information content (AvgIpc) is 2.66. The third kappa shape index (κ3) is 3.37. The van der Waals surface area contributed by atoms with Crippen molar-refractivity contribution in [3.63, 3.8) is 0 Å². The topological polar surface area (TPSA) is 55.9 Å². The molecule has 1 heterocycles. The van der Waals surface area contributed by atoms with E-state index in [0.717, 1.165) is 13.0 Å². The lowest BCUT2D eigenvalue weighted by Gasteiger charge is -2.26. The van der Waals surface area contributed by atoms with Crippen LogP contribution in [0.15, 0.2) is 6.07 Å². The van der Waals surface area contributed by atoms with Crippen molar-refractivity contribution in [3.05, 3.63) is 17.5 Å². The van der Waals surface area contributed by atoms with Crippen LogP contribution < -0.4 is 11.3 Å². The van der Waals surface area contributed by atoms with Crippen molar-refractivity contribution in [1.82, 2.24) is 15.2 Å². The van der Waals surface area contributed by atoms with Crippen molar-refractivity contribution in [1.29, 1.82) is 0 Å². The van der Waals surface area contributed by atoms with Crippen LogP contribution in [0.25, 0.3) is 0 Å². The molecule has 0 aliphatic heterocycles. The van der Waals surface area contributed by atoms with Crippen LogP contribution in [0.5, 0.6) is 0 Å². The quantitative estimate of drug-likeness (QED) is 0.488. The van der Waals surface area contributed by atoms with E-state index >= 15 is 0 Å². The molecule has 1 atom stereocenters. The van der Waals surface area contributed by atoms with Crippen LogP contribution in [0.1, 0.15) is 69.8 Å². The van der Waals surface area contributed by atoms with E-state index in [2.05, 4.69) is 35.1 Å². The van der Waals surface area contributed by atoms with Crippen LogP contribution >= 0.6 is 0 Å². The van der Waals surface area contributed by atoms with Gasteiger partial charge in [0.25, 0.3) is 0 Å². The van der Waals surface area contributed by atoms with Gasteiger partial charge in [0.15, 0.2) is 0 Å². The van der Waals surface area contributed by atoms with Gasteiger partial charge >= 0.3 is 0 Å². The molecule has 19 heavy (non-hydrogen) atoms. The number of aromatic nitrogens is 2. The fraction of sp³-hybridized carbons (Fsp3) is 0.800. The molecule has 4 nitrogen and oxygen atoms in total. The van der Waals surface area contributed by atoms with Crippen molar-refractivity contribution >= 4 is 0 Å². The molecule has 0 radical (unpaired) electrons. The minimum Gasteiger partial charge on any atom is -0.271 e. The molecule has 1 saturated carbocycles. The third-order valence-corrected chi connectivity index (χ3v) is 4.39. The van der Waals surface area contributed by atoms with Crippen molar-refractivity contribution < 1.29 is 0 Å². The lowest BCUT2D eigenvalue weighted by atomic mass is 9.90. The van der Waals surface area contributed by atoms with Crippen LogP contribution in [-0.2, 0) is 13.0 Å². The molecule has 1 unspecified atom stereocenters. The van der Waals surface area contributed by atoms with Crippen molar-refractivity contribution in [2.75, 3.05) is 0 Å². The maximum atomic E-state index is 5.87. The largest absolute Gasteiger partial charge is 0.271 e. The number of nitrogens with one attached hydrogen (secondary N) is 1. The smallest absolute Gasteiger partial charge is 0.0657 e. The van der Waals surface area contributed by atoms with Crippen molar-refractivity contribution in [2.45, 2.75) is 71.4 Å². The number of hydrogen-bond acceptors (Lipinski definition) is 3. The Hall–Kier alpha value is -0.870. The van der Waals surface area contributed by atoms with Crippen LogP contribution in [0.3, 0.4) is 0 Å². The SMILES string of the molecule is CCc1cc(C(NN)C2CCCCCC2)n(CC)n1. The van der Waals surface area contributed by atoms with Crippen LogP contribution in [0.2, 0.25) is 0 Å². The maximum Gasteiger partial charge on any atom is 0.0657 e. The number of nitrogens with zero attached hydrogens (tertiary/aromatic N) is 2. The summed E-state index contributed by atoms with van der Waals surface area (Å²) in [6.07, 6.45) is 8.98. The summed E-state index contributed by atoms with van der Waals surface area (Å²) >= 11 is 0. The molecule has 1 fully saturated rings. The van der Waals surface area contributed by atoms with Gasteiger partial charge in [-0.15, -0.1) is 0 Å². The zero-order chi connectivity index (χ0) is 13.7. The Kier molecular flexibility index (Phi) is 5.40. The summed E-state index contributed by atoms with van der Waals surface area (Å²) in [5.41, 5.74) is 5.51. The average molecular weight is 264 g/mol. The molecule has 0 spiro atoms. The number of aryl methyl sites for hydroxylation is 2. The van der Waals surface area contributed by atoms with Gasteiger partial charge in [-0.25, -0.2) is 0 Å². The summed E-state index contributed by atoms with van der Waals surface area (Å²) in [5.74, 6) is 6.52. The Morgan fingerprint density at radius 3 is 2.53 bits per heavy atom. The molecule has 108 valence electrons. The highest BCUT2D eigenvalue weighted by molar-refractivity contribution is 5.15. The van der Waals surface area contributed by atoms with Crippen molar-refractivity contribution in [2.24, 2.45) is 11.8 Å². The summed E-state index contributed by atoms with van der Waals surface area (Å²) in [6, 6.07) is 2.49. The molecule has 0 saturated heterocycles. The Bertz CT molecular complexity index is 377. The Morgan fingerprint density at radius 2 is 2.00 bits per heavy atom. The van der Waals surface area contributed by atoms with Gasteiger partial charge in [0.2, 0.25) is 0 Å². The predicted molar refractivity (Wildman–Crippen MR) is 78.5 cm³/mol. The standard InChI is InChI=1S/C15H28N4/c1-3-13-11-14(19(4-2)18-13)15(17-16)12-9-7-5-6-8-10-12/h11-12,15,17H,3-10,16H2,1-2H3. The zero-order valence-corrected chi connectivity index (χ0v) is 12.4. The zero-order valence-electron chi connectivity index (χ0n) is 12.4. The van der Waals surface area contributed by atoms with Crippen molar-refractivity contribution in [3.8, 4) is 0 Å². The number of nitrogens with two attached hydrogens (primary N) is 1. The van der Waals surface area contributed by atoms with E-state index in [0.29, 0.717) is 5.92 Å². The van der Waals surface area contributed by atoms with Gasteiger partial charge in [-0.05, 0) is 38.2 Å². The van der Waals surface area contributed by atoms with E-state index < -0.39 is 0 Å². The van der Waals surface area contributed by atoms with E-state index in [1.165, 1.54) is 49.9 Å². The second-order valence-corrected chi connectivity index (χ2v) is 5.63. The molecule has 0 bridgehead atoms. The monoisotopic (exact) mass is 264 g/mol. The summed E-state index contributed by atoms with van der Waals surface area (Å²) in [7, 11) is 0. The normalized spacial score (nSPS) is 19.3. The lowest BCUT2D eigenvalue weighted by Crippen LogP contribution is -2.35. The lowest BCUT2D eigenvalue weighted by molar-refractivity contribution is 0.312. The first-order valence-corrected chi connectivity index (χ1v) is 7.82. The summed E-state index contributed by atoms with van der Waals surface area (Å²) < 4.78 is 2.12. The maximum absolute atomic E-state index is 5.87. The minimum atomic E-state index is 0.255. The molecule has 1 aromatic rings. The van der Waals surface area contributed by atoms with Gasteiger partial charge in [0, 0.05) is 6.54 Å². The Morgan fingerprint density at radius 1 is 1.32 bits per heavy atom. The molecular weight excluding hydrogens is 236 g/mol. The fourth-order valence-corrected chi connectivity index (χ4v) is 3.27. The third-order valence-electron chi connectivity index (χ3n) is 4.39. The molecule has 0 amide bonds. The van der Waals surface area contributed by atoms with Crippen LogP contribution in [0.4, 0.5) is 0 Å². The Balaban J connectivity index is 2.21. The van der Waals surface area contributed by atoms with Gasteiger partial charge < -0.3 is 0 Å². The molecular formula is C15H28N4. The molecule has 2 rings (SSSR count). The van der Waals surface area contributed by atoms with Gasteiger partial charge in [-0.2, -0.15) is 5.10 Å². The summed E-state index contributed by atoms with van der Waals surface area (Å²) in [4.78, 5) is 0. The minimum absolute atomic E-state index is 0.255. The first-order valence-electron chi connectivity index (χ1n) is 7.82. The molecule has 0 aromatic carbocycles. The number of hydrazine groups is 1. The van der Waals surface area contributed by atoms with Gasteiger partial charge in [-0.3, -0.25) is 16.0 Å². The second kappa shape index (κ2) is 7.06.